The van der Waals surface area contributed by atoms with Gasteiger partial charge < -0.3 is 9.72 Å². The van der Waals surface area contributed by atoms with Crippen LogP contribution in [0.5, 0.6) is 0 Å². The van der Waals surface area contributed by atoms with Crippen molar-refractivity contribution in [1.29, 1.82) is 0 Å². The van der Waals surface area contributed by atoms with Crippen LogP contribution in [-0.4, -0.2) is 24.1 Å². The summed E-state index contributed by atoms with van der Waals surface area (Å²) in [6.45, 7) is 2.21. The summed E-state index contributed by atoms with van der Waals surface area (Å²) >= 11 is 0. The molecule has 4 nitrogen and oxygen atoms in total. The standard InChI is InChI=1S/C18H24N2O2/c1-3-4-5-10-15-17-13(11-16(19-15)18(21)22-2)12-8-6-7-9-14(12)20-17/h6-9,15-16,19-20H,3-5,10-11H2,1-2H3/t15-,16+/m1/s1. The zero-order valence-electron chi connectivity index (χ0n) is 13.3. The fourth-order valence-corrected chi connectivity index (χ4v) is 3.45. The second-order valence-electron chi connectivity index (χ2n) is 6.06. The number of aromatic amines is 1. The van der Waals surface area contributed by atoms with Crippen LogP contribution in [0.2, 0.25) is 0 Å². The molecule has 0 unspecified atom stereocenters. The van der Waals surface area contributed by atoms with Crippen LogP contribution >= 0.6 is 0 Å². The van der Waals surface area contributed by atoms with E-state index in [9.17, 15) is 4.79 Å². The van der Waals surface area contributed by atoms with E-state index >= 15 is 0 Å². The molecule has 1 aliphatic heterocycles. The molecule has 1 aliphatic rings. The van der Waals surface area contributed by atoms with Gasteiger partial charge in [-0.2, -0.15) is 0 Å². The zero-order chi connectivity index (χ0) is 15.5. The summed E-state index contributed by atoms with van der Waals surface area (Å²) in [5.74, 6) is -0.170. The van der Waals surface area contributed by atoms with E-state index in [0.717, 1.165) is 18.4 Å². The van der Waals surface area contributed by atoms with Gasteiger partial charge in [0.1, 0.15) is 6.04 Å². The van der Waals surface area contributed by atoms with Crippen LogP contribution < -0.4 is 5.32 Å². The van der Waals surface area contributed by atoms with Gasteiger partial charge in [0.15, 0.2) is 0 Å². The molecule has 3 rings (SSSR count). The lowest BCUT2D eigenvalue weighted by Crippen LogP contribution is -2.45. The average molecular weight is 300 g/mol. The monoisotopic (exact) mass is 300 g/mol. The molecule has 118 valence electrons. The number of para-hydroxylation sites is 1. The summed E-state index contributed by atoms with van der Waals surface area (Å²) in [5.41, 5.74) is 3.67. The number of hydrogen-bond acceptors (Lipinski definition) is 3. The number of aromatic nitrogens is 1. The third kappa shape index (κ3) is 2.75. The summed E-state index contributed by atoms with van der Waals surface area (Å²) in [5, 5.41) is 4.70. The molecule has 0 fully saturated rings. The Morgan fingerprint density at radius 3 is 2.91 bits per heavy atom. The minimum atomic E-state index is -0.247. The van der Waals surface area contributed by atoms with E-state index in [4.69, 9.17) is 4.74 Å². The van der Waals surface area contributed by atoms with E-state index in [1.54, 1.807) is 0 Å². The number of hydrogen-bond donors (Lipinski definition) is 2. The lowest BCUT2D eigenvalue weighted by molar-refractivity contribution is -0.143. The molecule has 0 amide bonds. The molecule has 22 heavy (non-hydrogen) atoms. The summed E-state index contributed by atoms with van der Waals surface area (Å²) in [4.78, 5) is 15.6. The lowest BCUT2D eigenvalue weighted by atomic mass is 9.91. The highest BCUT2D eigenvalue weighted by Gasteiger charge is 2.33. The van der Waals surface area contributed by atoms with Crippen molar-refractivity contribution in [3.05, 3.63) is 35.5 Å². The van der Waals surface area contributed by atoms with Crippen molar-refractivity contribution in [2.75, 3.05) is 7.11 Å². The molecule has 1 aromatic heterocycles. The van der Waals surface area contributed by atoms with Crippen LogP contribution in [-0.2, 0) is 16.0 Å². The van der Waals surface area contributed by atoms with Crippen LogP contribution in [0, 0.1) is 0 Å². The molecule has 0 saturated carbocycles. The molecule has 2 atom stereocenters. The average Bonchev–Trinajstić information content (AvgIpc) is 2.93. The molecule has 2 heterocycles. The van der Waals surface area contributed by atoms with Crippen LogP contribution in [0.15, 0.2) is 24.3 Å². The van der Waals surface area contributed by atoms with E-state index in [1.165, 1.54) is 36.6 Å². The maximum Gasteiger partial charge on any atom is 0.323 e. The first-order chi connectivity index (χ1) is 10.7. The minimum absolute atomic E-state index is 0.170. The van der Waals surface area contributed by atoms with Gasteiger partial charge in [-0.25, -0.2) is 0 Å². The molecule has 1 aromatic carbocycles. The van der Waals surface area contributed by atoms with Crippen LogP contribution in [0.3, 0.4) is 0 Å². The van der Waals surface area contributed by atoms with Gasteiger partial charge in [-0.3, -0.25) is 10.1 Å². The number of methoxy groups -OCH3 is 1. The van der Waals surface area contributed by atoms with Gasteiger partial charge in [0.2, 0.25) is 0 Å². The summed E-state index contributed by atoms with van der Waals surface area (Å²) in [6, 6.07) is 8.28. The molecule has 0 radical (unpaired) electrons. The summed E-state index contributed by atoms with van der Waals surface area (Å²) < 4.78 is 4.96. The highest BCUT2D eigenvalue weighted by Crippen LogP contribution is 2.34. The second-order valence-corrected chi connectivity index (χ2v) is 6.06. The number of H-pyrrole nitrogens is 1. The number of fused-ring (bicyclic) bond motifs is 3. The first-order valence-electron chi connectivity index (χ1n) is 8.18. The predicted octanol–water partition coefficient (Wildman–Crippen LogP) is 3.48. The Hall–Kier alpha value is -1.81. The maximum atomic E-state index is 12.0. The first kappa shape index (κ1) is 15.1. The third-order valence-corrected chi connectivity index (χ3v) is 4.59. The Kier molecular flexibility index (Phi) is 4.48. The smallest absolute Gasteiger partial charge is 0.323 e. The Morgan fingerprint density at radius 1 is 1.32 bits per heavy atom. The van der Waals surface area contributed by atoms with Gasteiger partial charge in [0.25, 0.3) is 0 Å². The first-order valence-corrected chi connectivity index (χ1v) is 8.18. The molecule has 0 saturated heterocycles. The summed E-state index contributed by atoms with van der Waals surface area (Å²) in [6.07, 6.45) is 5.32. The zero-order valence-corrected chi connectivity index (χ0v) is 13.3. The van der Waals surface area contributed by atoms with Crippen molar-refractivity contribution >= 4 is 16.9 Å². The molecule has 4 heteroatoms. The number of esters is 1. The lowest BCUT2D eigenvalue weighted by Gasteiger charge is -2.30. The maximum absolute atomic E-state index is 12.0. The second kappa shape index (κ2) is 6.53. The van der Waals surface area contributed by atoms with Gasteiger partial charge in [0, 0.05) is 29.1 Å². The Morgan fingerprint density at radius 2 is 2.14 bits per heavy atom. The van der Waals surface area contributed by atoms with Gasteiger partial charge >= 0.3 is 5.97 Å². The number of ether oxygens (including phenoxy) is 1. The highest BCUT2D eigenvalue weighted by molar-refractivity contribution is 5.87. The van der Waals surface area contributed by atoms with Gasteiger partial charge in [-0.05, 0) is 18.1 Å². The number of benzene rings is 1. The van der Waals surface area contributed by atoms with E-state index < -0.39 is 0 Å². The molecule has 0 aliphatic carbocycles. The number of carbonyl (C=O) groups is 1. The largest absolute Gasteiger partial charge is 0.468 e. The molecule has 2 aromatic rings. The van der Waals surface area contributed by atoms with Gasteiger partial charge in [0.05, 0.1) is 7.11 Å². The Labute approximate surface area is 131 Å². The van der Waals surface area contributed by atoms with E-state index in [-0.39, 0.29) is 18.1 Å². The van der Waals surface area contributed by atoms with Gasteiger partial charge in [-0.1, -0.05) is 44.4 Å². The van der Waals surface area contributed by atoms with E-state index in [0.29, 0.717) is 6.42 Å². The molecule has 2 N–H and O–H groups in total. The van der Waals surface area contributed by atoms with Gasteiger partial charge in [-0.15, -0.1) is 0 Å². The fourth-order valence-electron chi connectivity index (χ4n) is 3.45. The quantitative estimate of drug-likeness (QED) is 0.656. The van der Waals surface area contributed by atoms with Crippen molar-refractivity contribution < 1.29 is 9.53 Å². The third-order valence-electron chi connectivity index (χ3n) is 4.59. The van der Waals surface area contributed by atoms with Crippen LogP contribution in [0.4, 0.5) is 0 Å². The summed E-state index contributed by atoms with van der Waals surface area (Å²) in [7, 11) is 1.46. The highest BCUT2D eigenvalue weighted by atomic mass is 16.5. The minimum Gasteiger partial charge on any atom is -0.468 e. The predicted molar refractivity (Wildman–Crippen MR) is 87.8 cm³/mol. The molecular weight excluding hydrogens is 276 g/mol. The molecular formula is C18H24N2O2. The molecule has 0 spiro atoms. The van der Waals surface area contributed by atoms with E-state index in [1.807, 2.05) is 6.07 Å². The number of rotatable bonds is 5. The number of carbonyl (C=O) groups excluding carboxylic acids is 1. The fraction of sp³-hybridized carbons (Fsp3) is 0.500. The number of nitrogens with one attached hydrogen (secondary N) is 2. The van der Waals surface area contributed by atoms with Crippen molar-refractivity contribution in [2.45, 2.75) is 51.1 Å². The SMILES string of the molecule is CCCCC[C@H]1N[C@H](C(=O)OC)Cc2c1[nH]c1ccccc21. The topological polar surface area (TPSA) is 54.1 Å². The normalized spacial score (nSPS) is 20.8. The van der Waals surface area contributed by atoms with Crippen molar-refractivity contribution in [3.63, 3.8) is 0 Å². The Balaban J connectivity index is 1.95. The van der Waals surface area contributed by atoms with Crippen LogP contribution in [0.25, 0.3) is 10.9 Å². The Bertz CT molecular complexity index is 662. The number of unbranched alkanes of at least 4 members (excludes halogenated alkanes) is 2. The van der Waals surface area contributed by atoms with Crippen molar-refractivity contribution in [3.8, 4) is 0 Å². The van der Waals surface area contributed by atoms with Crippen molar-refractivity contribution in [1.82, 2.24) is 10.3 Å². The van der Waals surface area contributed by atoms with Crippen LogP contribution in [0.1, 0.15) is 49.9 Å². The van der Waals surface area contributed by atoms with E-state index in [2.05, 4.69) is 35.4 Å². The molecule has 0 bridgehead atoms. The van der Waals surface area contributed by atoms with Crippen molar-refractivity contribution in [2.24, 2.45) is 0 Å².